The number of hydrogen-bond acceptors (Lipinski definition) is 1. The van der Waals surface area contributed by atoms with Gasteiger partial charge in [0.2, 0.25) is 0 Å². The molecular formula is C47H28N2O. The highest BCUT2D eigenvalue weighted by molar-refractivity contribution is 6.23. The molecule has 0 saturated carbocycles. The Labute approximate surface area is 286 Å². The molecule has 3 heteroatoms. The quantitative estimate of drug-likeness (QED) is 0.177. The molecule has 0 unspecified atom stereocenters. The van der Waals surface area contributed by atoms with Gasteiger partial charge in [-0.15, -0.1) is 0 Å². The van der Waals surface area contributed by atoms with E-state index in [0.29, 0.717) is 0 Å². The Bertz CT molecular complexity index is 3180. The first-order valence-electron chi connectivity index (χ1n) is 17.1. The highest BCUT2D eigenvalue weighted by Gasteiger charge is 2.20. The molecule has 3 heterocycles. The minimum absolute atomic E-state index is 0.0227. The molecule has 0 aliphatic rings. The maximum absolute atomic E-state index is 14.2. The van der Waals surface area contributed by atoms with Crippen molar-refractivity contribution >= 4 is 70.5 Å². The summed E-state index contributed by atoms with van der Waals surface area (Å²) in [5, 5.41) is 9.94. The van der Waals surface area contributed by atoms with Crippen LogP contribution in [0.25, 0.3) is 98.5 Å². The molecule has 0 bridgehead atoms. The minimum atomic E-state index is 0.0227. The van der Waals surface area contributed by atoms with Crippen LogP contribution in [0, 0.1) is 0 Å². The van der Waals surface area contributed by atoms with Gasteiger partial charge >= 0.3 is 0 Å². The van der Waals surface area contributed by atoms with Gasteiger partial charge < -0.3 is 4.57 Å². The van der Waals surface area contributed by atoms with E-state index in [0.717, 1.165) is 60.3 Å². The van der Waals surface area contributed by atoms with Crippen LogP contribution in [0.1, 0.15) is 0 Å². The van der Waals surface area contributed by atoms with Crippen LogP contribution in [-0.2, 0) is 0 Å². The lowest BCUT2D eigenvalue weighted by Gasteiger charge is -2.16. The highest BCUT2D eigenvalue weighted by Crippen LogP contribution is 2.41. The van der Waals surface area contributed by atoms with Gasteiger partial charge in [-0.3, -0.25) is 9.20 Å². The lowest BCUT2D eigenvalue weighted by atomic mass is 9.91. The maximum Gasteiger partial charge on any atom is 0.263 e. The summed E-state index contributed by atoms with van der Waals surface area (Å²) in [6.07, 6.45) is 0. The lowest BCUT2D eigenvalue weighted by Crippen LogP contribution is -2.13. The zero-order chi connectivity index (χ0) is 32.9. The van der Waals surface area contributed by atoms with Crippen molar-refractivity contribution in [1.82, 2.24) is 8.97 Å². The van der Waals surface area contributed by atoms with Crippen LogP contribution in [0.3, 0.4) is 0 Å². The molecule has 11 aromatic rings. The average molecular weight is 637 g/mol. The molecule has 8 aromatic carbocycles. The molecule has 50 heavy (non-hydrogen) atoms. The first-order chi connectivity index (χ1) is 24.8. The monoisotopic (exact) mass is 636 g/mol. The molecular weight excluding hydrogens is 609 g/mol. The van der Waals surface area contributed by atoms with Gasteiger partial charge in [-0.05, 0) is 64.0 Å². The van der Waals surface area contributed by atoms with E-state index in [1.807, 2.05) is 34.7 Å². The van der Waals surface area contributed by atoms with Gasteiger partial charge in [0.05, 0.1) is 27.8 Å². The van der Waals surface area contributed by atoms with E-state index in [1.165, 1.54) is 38.1 Å². The Balaban J connectivity index is 1.14. The number of rotatable bonds is 3. The van der Waals surface area contributed by atoms with Gasteiger partial charge in [-0.25, -0.2) is 0 Å². The van der Waals surface area contributed by atoms with Gasteiger partial charge in [0, 0.05) is 43.1 Å². The number of benzene rings is 8. The maximum atomic E-state index is 14.2. The summed E-state index contributed by atoms with van der Waals surface area (Å²) >= 11 is 0. The first kappa shape index (κ1) is 27.3. The first-order valence-corrected chi connectivity index (χ1v) is 17.1. The molecule has 0 radical (unpaired) electrons. The average Bonchev–Trinajstić information content (AvgIpc) is 3.70. The van der Waals surface area contributed by atoms with Crippen molar-refractivity contribution in [2.75, 3.05) is 0 Å². The SMILES string of the molecule is O=c1c2cccc(-c3cccc(-c4ccc(-n5c6ccccc6c6ccccc65)c5ccccc45)c3)c2c2cccc3c4ccccc4n1c32. The van der Waals surface area contributed by atoms with Crippen molar-refractivity contribution in [3.8, 4) is 27.9 Å². The second-order valence-corrected chi connectivity index (χ2v) is 13.2. The number of hydrogen-bond donors (Lipinski definition) is 0. The van der Waals surface area contributed by atoms with E-state index in [4.69, 9.17) is 0 Å². The molecule has 0 amide bonds. The number of fused-ring (bicyclic) bond motifs is 9. The molecule has 0 aliphatic heterocycles. The van der Waals surface area contributed by atoms with Gasteiger partial charge in [0.1, 0.15) is 0 Å². The van der Waals surface area contributed by atoms with Crippen LogP contribution < -0.4 is 5.56 Å². The summed E-state index contributed by atoms with van der Waals surface area (Å²) < 4.78 is 4.31. The van der Waals surface area contributed by atoms with E-state index < -0.39 is 0 Å². The van der Waals surface area contributed by atoms with Gasteiger partial charge in [0.25, 0.3) is 5.56 Å². The Hall–Kier alpha value is -6.71. The standard InChI is InChI=1S/C47H28N2O/c50-47-40-22-10-19-32(45(40)39-21-11-20-38-37-18-5-8-25-43(37)49(47)46(38)39)30-13-9-12-29(28-30)31-26-27-44(34-15-2-1-14-33(31)34)48-41-23-6-3-16-35(41)36-17-4-7-24-42(36)48/h1-28H. The van der Waals surface area contributed by atoms with Crippen molar-refractivity contribution in [2.45, 2.75) is 0 Å². The normalized spacial score (nSPS) is 12.1. The molecule has 0 saturated heterocycles. The number of para-hydroxylation sites is 4. The van der Waals surface area contributed by atoms with Gasteiger partial charge in [0.15, 0.2) is 0 Å². The van der Waals surface area contributed by atoms with E-state index in [2.05, 4.69) is 144 Å². The number of pyridine rings is 1. The molecule has 3 nitrogen and oxygen atoms in total. The third kappa shape index (κ3) is 3.61. The highest BCUT2D eigenvalue weighted by atomic mass is 16.1. The van der Waals surface area contributed by atoms with Crippen molar-refractivity contribution in [2.24, 2.45) is 0 Å². The van der Waals surface area contributed by atoms with Crippen LogP contribution in [0.4, 0.5) is 0 Å². The minimum Gasteiger partial charge on any atom is -0.309 e. The summed E-state index contributed by atoms with van der Waals surface area (Å²) in [7, 11) is 0. The fraction of sp³-hybridized carbons (Fsp3) is 0. The van der Waals surface area contributed by atoms with Crippen molar-refractivity contribution < 1.29 is 0 Å². The van der Waals surface area contributed by atoms with Crippen molar-refractivity contribution in [1.29, 1.82) is 0 Å². The molecule has 0 N–H and O–H groups in total. The van der Waals surface area contributed by atoms with Crippen molar-refractivity contribution in [3.63, 3.8) is 0 Å². The Kier molecular flexibility index (Phi) is 5.53. The van der Waals surface area contributed by atoms with Gasteiger partial charge in [-0.1, -0.05) is 133 Å². The molecule has 0 fully saturated rings. The zero-order valence-corrected chi connectivity index (χ0v) is 27.0. The predicted molar refractivity (Wildman–Crippen MR) is 210 cm³/mol. The topological polar surface area (TPSA) is 26.4 Å². The van der Waals surface area contributed by atoms with Crippen LogP contribution in [0.5, 0.6) is 0 Å². The molecule has 11 rings (SSSR count). The van der Waals surface area contributed by atoms with E-state index in [1.54, 1.807) is 0 Å². The Morgan fingerprint density at radius 1 is 0.360 bits per heavy atom. The van der Waals surface area contributed by atoms with E-state index in [-0.39, 0.29) is 5.56 Å². The Morgan fingerprint density at radius 3 is 1.62 bits per heavy atom. The smallest absolute Gasteiger partial charge is 0.263 e. The van der Waals surface area contributed by atoms with Crippen LogP contribution in [0.2, 0.25) is 0 Å². The Morgan fingerprint density at radius 2 is 0.880 bits per heavy atom. The largest absolute Gasteiger partial charge is 0.309 e. The molecule has 3 aromatic heterocycles. The van der Waals surface area contributed by atoms with Gasteiger partial charge in [-0.2, -0.15) is 0 Å². The third-order valence-electron chi connectivity index (χ3n) is 10.7. The summed E-state index contributed by atoms with van der Waals surface area (Å²) in [6.45, 7) is 0. The lowest BCUT2D eigenvalue weighted by molar-refractivity contribution is 1.20. The number of nitrogens with zero attached hydrogens (tertiary/aromatic N) is 2. The summed E-state index contributed by atoms with van der Waals surface area (Å²) in [5.74, 6) is 0. The predicted octanol–water partition coefficient (Wildman–Crippen LogP) is 11.8. The summed E-state index contributed by atoms with van der Waals surface area (Å²) in [6, 6.07) is 60.2. The zero-order valence-electron chi connectivity index (χ0n) is 27.0. The van der Waals surface area contributed by atoms with Crippen molar-refractivity contribution in [3.05, 3.63) is 180 Å². The molecule has 0 atom stereocenters. The van der Waals surface area contributed by atoms with Crippen LogP contribution in [-0.4, -0.2) is 8.97 Å². The molecule has 232 valence electrons. The fourth-order valence-corrected chi connectivity index (χ4v) is 8.58. The summed E-state index contributed by atoms with van der Waals surface area (Å²) in [5.41, 5.74) is 9.99. The summed E-state index contributed by atoms with van der Waals surface area (Å²) in [4.78, 5) is 14.2. The van der Waals surface area contributed by atoms with Crippen LogP contribution in [0.15, 0.2) is 175 Å². The molecule has 0 aliphatic carbocycles. The number of aromatic nitrogens is 2. The fourth-order valence-electron chi connectivity index (χ4n) is 8.58. The second-order valence-electron chi connectivity index (χ2n) is 13.2. The third-order valence-corrected chi connectivity index (χ3v) is 10.7. The van der Waals surface area contributed by atoms with Crippen LogP contribution >= 0.6 is 0 Å². The van der Waals surface area contributed by atoms with E-state index >= 15 is 0 Å². The second kappa shape index (κ2) is 10.1. The molecule has 0 spiro atoms. The van der Waals surface area contributed by atoms with E-state index in [9.17, 15) is 4.79 Å².